The highest BCUT2D eigenvalue weighted by Gasteiger charge is 2.70. The van der Waals surface area contributed by atoms with Gasteiger partial charge in [-0.2, -0.15) is 0 Å². The Labute approximate surface area is 180 Å². The average molecular weight is 407 g/mol. The number of rotatable bonds is 4. The lowest BCUT2D eigenvalue weighted by molar-refractivity contribution is 0.0537. The highest BCUT2D eigenvalue weighted by Crippen LogP contribution is 2.73. The Balaban J connectivity index is 1.43. The molecule has 0 N–H and O–H groups in total. The first-order valence-electron chi connectivity index (χ1n) is 10.8. The fraction of sp³-hybridized carbons (Fsp3) is 0.214. The summed E-state index contributed by atoms with van der Waals surface area (Å²) in [5, 5.41) is 2.22. The van der Waals surface area contributed by atoms with E-state index < -0.39 is 5.41 Å². The van der Waals surface area contributed by atoms with Crippen LogP contribution in [0.2, 0.25) is 0 Å². The molecule has 0 saturated heterocycles. The molecule has 4 aromatic rings. The minimum Gasteiger partial charge on any atom is -0.294 e. The van der Waals surface area contributed by atoms with Crippen molar-refractivity contribution in [2.24, 2.45) is 5.41 Å². The van der Waals surface area contributed by atoms with Crippen molar-refractivity contribution in [3.05, 3.63) is 114 Å². The number of Topliss-reactive ketones (excluding diaryl/α,β-unsaturated/α-hetero) is 1. The van der Waals surface area contributed by atoms with E-state index in [0.717, 1.165) is 46.9 Å². The van der Waals surface area contributed by atoms with Crippen LogP contribution in [0.4, 0.5) is 4.39 Å². The monoisotopic (exact) mass is 407 g/mol. The number of fused-ring (bicyclic) bond motifs is 2. The molecule has 0 spiro atoms. The number of pyridine rings is 1. The summed E-state index contributed by atoms with van der Waals surface area (Å²) in [6, 6.07) is 27.0. The normalized spacial score (nSPS) is 26.5. The van der Waals surface area contributed by atoms with Crippen LogP contribution in [-0.2, 0) is 5.41 Å². The van der Waals surface area contributed by atoms with Gasteiger partial charge in [0.1, 0.15) is 5.82 Å². The summed E-state index contributed by atoms with van der Waals surface area (Å²) in [7, 11) is 0. The van der Waals surface area contributed by atoms with Gasteiger partial charge in [-0.25, -0.2) is 4.39 Å². The van der Waals surface area contributed by atoms with E-state index in [-0.39, 0.29) is 22.9 Å². The first-order chi connectivity index (χ1) is 15.1. The van der Waals surface area contributed by atoms with Gasteiger partial charge < -0.3 is 0 Å². The van der Waals surface area contributed by atoms with Crippen molar-refractivity contribution >= 4 is 16.6 Å². The summed E-state index contributed by atoms with van der Waals surface area (Å²) in [6.45, 7) is 0. The lowest BCUT2D eigenvalue weighted by atomic mass is 9.54. The quantitative estimate of drug-likeness (QED) is 0.363. The molecule has 1 atom stereocenters. The molecule has 0 unspecified atom stereocenters. The lowest BCUT2D eigenvalue weighted by Crippen LogP contribution is -2.47. The molecule has 0 aliphatic heterocycles. The SMILES string of the molecule is O=C(c1ccc2ccccc2c1)C12CC(c3ccc(F)cc3)(C[C@H]1c1ccccn1)C2. The van der Waals surface area contributed by atoms with Crippen molar-refractivity contribution < 1.29 is 9.18 Å². The molecule has 7 rings (SSSR count). The first-order valence-corrected chi connectivity index (χ1v) is 10.8. The third kappa shape index (κ3) is 2.69. The van der Waals surface area contributed by atoms with Gasteiger partial charge in [0.05, 0.1) is 0 Å². The van der Waals surface area contributed by atoms with E-state index in [1.54, 1.807) is 0 Å². The topological polar surface area (TPSA) is 30.0 Å². The number of ketones is 1. The van der Waals surface area contributed by atoms with Crippen LogP contribution in [0, 0.1) is 11.2 Å². The van der Waals surface area contributed by atoms with Crippen LogP contribution in [-0.4, -0.2) is 10.8 Å². The molecule has 3 saturated carbocycles. The van der Waals surface area contributed by atoms with E-state index in [2.05, 4.69) is 17.1 Å². The van der Waals surface area contributed by atoms with Crippen LogP contribution in [0.25, 0.3) is 10.8 Å². The van der Waals surface area contributed by atoms with Gasteiger partial charge in [-0.05, 0) is 71.3 Å². The van der Waals surface area contributed by atoms with Crippen molar-refractivity contribution in [1.29, 1.82) is 0 Å². The van der Waals surface area contributed by atoms with Gasteiger partial charge in [0, 0.05) is 28.8 Å². The minimum absolute atomic E-state index is 0.0673. The van der Waals surface area contributed by atoms with Crippen molar-refractivity contribution in [3.63, 3.8) is 0 Å². The Morgan fingerprint density at radius 2 is 1.61 bits per heavy atom. The van der Waals surface area contributed by atoms with E-state index in [0.29, 0.717) is 0 Å². The van der Waals surface area contributed by atoms with Crippen molar-refractivity contribution in [3.8, 4) is 0 Å². The third-order valence-electron chi connectivity index (χ3n) is 7.53. The van der Waals surface area contributed by atoms with Crippen molar-refractivity contribution in [1.82, 2.24) is 4.98 Å². The molecule has 3 heteroatoms. The largest absolute Gasteiger partial charge is 0.294 e. The maximum absolute atomic E-state index is 14.0. The first kappa shape index (κ1) is 18.4. The van der Waals surface area contributed by atoms with Crippen LogP contribution in [0.3, 0.4) is 0 Å². The van der Waals surface area contributed by atoms with Crippen LogP contribution in [0.1, 0.15) is 46.8 Å². The number of benzene rings is 3. The van der Waals surface area contributed by atoms with E-state index in [1.165, 1.54) is 12.1 Å². The summed E-state index contributed by atoms with van der Waals surface area (Å²) in [4.78, 5) is 18.6. The van der Waals surface area contributed by atoms with E-state index in [4.69, 9.17) is 0 Å². The fourth-order valence-electron chi connectivity index (χ4n) is 6.16. The van der Waals surface area contributed by atoms with Crippen molar-refractivity contribution in [2.75, 3.05) is 0 Å². The zero-order valence-corrected chi connectivity index (χ0v) is 17.1. The predicted molar refractivity (Wildman–Crippen MR) is 120 cm³/mol. The molecular weight excluding hydrogens is 385 g/mol. The second kappa shape index (κ2) is 6.58. The zero-order chi connectivity index (χ0) is 21.1. The summed E-state index contributed by atoms with van der Waals surface area (Å²) in [5.74, 6) is 0.0547. The zero-order valence-electron chi connectivity index (χ0n) is 17.1. The Morgan fingerprint density at radius 3 is 2.35 bits per heavy atom. The maximum atomic E-state index is 14.0. The Bertz CT molecular complexity index is 1290. The molecule has 1 aromatic heterocycles. The Hall–Kier alpha value is -3.33. The predicted octanol–water partition coefficient (Wildman–Crippen LogP) is 6.46. The fourth-order valence-corrected chi connectivity index (χ4v) is 6.16. The van der Waals surface area contributed by atoms with Crippen LogP contribution in [0.5, 0.6) is 0 Å². The number of hydrogen-bond donors (Lipinski definition) is 0. The molecule has 1 heterocycles. The number of hydrogen-bond acceptors (Lipinski definition) is 2. The summed E-state index contributed by atoms with van der Waals surface area (Å²) in [6.07, 6.45) is 4.26. The average Bonchev–Trinajstić information content (AvgIpc) is 3.32. The molecule has 3 aliphatic rings. The van der Waals surface area contributed by atoms with Gasteiger partial charge in [-0.15, -0.1) is 0 Å². The Morgan fingerprint density at radius 1 is 0.871 bits per heavy atom. The van der Waals surface area contributed by atoms with Gasteiger partial charge in [0.2, 0.25) is 0 Å². The number of halogens is 1. The molecule has 152 valence electrons. The number of nitrogens with zero attached hydrogens (tertiary/aromatic N) is 1. The van der Waals surface area contributed by atoms with Crippen molar-refractivity contribution in [2.45, 2.75) is 30.6 Å². The summed E-state index contributed by atoms with van der Waals surface area (Å²) >= 11 is 0. The van der Waals surface area contributed by atoms with E-state index in [9.17, 15) is 9.18 Å². The second-order valence-corrected chi connectivity index (χ2v) is 9.20. The highest BCUT2D eigenvalue weighted by molar-refractivity contribution is 6.05. The molecule has 3 fully saturated rings. The lowest BCUT2D eigenvalue weighted by Gasteiger charge is -2.48. The molecule has 2 nitrogen and oxygen atoms in total. The Kier molecular flexibility index (Phi) is 3.92. The van der Waals surface area contributed by atoms with E-state index >= 15 is 0 Å². The summed E-state index contributed by atoms with van der Waals surface area (Å²) < 4.78 is 13.5. The number of carbonyl (C=O) groups excluding carboxylic acids is 1. The van der Waals surface area contributed by atoms with Gasteiger partial charge in [-0.3, -0.25) is 9.78 Å². The standard InChI is InChI=1S/C28H22FNO/c29-23-12-10-22(11-13-23)27-16-24(25-7-3-4-14-30-25)28(17-27,18-27)26(31)21-9-8-19-5-1-2-6-20(19)15-21/h1-15,24H,16-18H2/t24-,27?,28?/m0/s1. The molecule has 2 bridgehead atoms. The molecule has 0 amide bonds. The van der Waals surface area contributed by atoms with Gasteiger partial charge >= 0.3 is 0 Å². The highest BCUT2D eigenvalue weighted by atomic mass is 19.1. The molecule has 0 radical (unpaired) electrons. The molecule has 3 aromatic carbocycles. The number of carbonyl (C=O) groups is 1. The molecule has 3 aliphatic carbocycles. The van der Waals surface area contributed by atoms with Crippen LogP contribution >= 0.6 is 0 Å². The minimum atomic E-state index is -0.453. The van der Waals surface area contributed by atoms with Gasteiger partial charge in [0.15, 0.2) is 5.78 Å². The summed E-state index contributed by atoms with van der Waals surface area (Å²) in [5.41, 5.74) is 2.36. The third-order valence-corrected chi connectivity index (χ3v) is 7.53. The number of aromatic nitrogens is 1. The second-order valence-electron chi connectivity index (χ2n) is 9.20. The van der Waals surface area contributed by atoms with Crippen LogP contribution < -0.4 is 0 Å². The molecule has 31 heavy (non-hydrogen) atoms. The maximum Gasteiger partial charge on any atom is 0.169 e. The van der Waals surface area contributed by atoms with E-state index in [1.807, 2.05) is 66.9 Å². The smallest absolute Gasteiger partial charge is 0.169 e. The van der Waals surface area contributed by atoms with Crippen LogP contribution in [0.15, 0.2) is 91.1 Å². The van der Waals surface area contributed by atoms with Gasteiger partial charge in [0.25, 0.3) is 0 Å². The van der Waals surface area contributed by atoms with Gasteiger partial charge in [-0.1, -0.05) is 54.6 Å². The molecular formula is C28H22FNO.